The molecule has 4 nitrogen and oxygen atoms in total. The van der Waals surface area contributed by atoms with Crippen LogP contribution in [0.4, 0.5) is 5.95 Å². The molecule has 0 aliphatic carbocycles. The molecule has 0 spiro atoms. The number of hydrogen-bond acceptors (Lipinski definition) is 2. The highest BCUT2D eigenvalue weighted by atomic mass is 79.9. The fourth-order valence-corrected chi connectivity index (χ4v) is 2.32. The van der Waals surface area contributed by atoms with Gasteiger partial charge >= 0.3 is 5.95 Å². The lowest BCUT2D eigenvalue weighted by atomic mass is 10.3. The Bertz CT molecular complexity index is 592. The van der Waals surface area contributed by atoms with Crippen LogP contribution in [0.2, 0.25) is 0 Å². The standard InChI is InChI=1S/C15H21N3O.BrH/c1-3-5-10-17-13-8-6-7-9-14(13)18(15(17)16)11-12(19)4-2;/h6-9,16H,3-5,10-11H2,1-2H3;1H/p+1. The molecule has 2 N–H and O–H groups in total. The summed E-state index contributed by atoms with van der Waals surface area (Å²) in [6.07, 6.45) is 2.76. The molecule has 1 heterocycles. The van der Waals surface area contributed by atoms with Crippen LogP contribution in [-0.4, -0.2) is 10.4 Å². The third-order valence-electron chi connectivity index (χ3n) is 3.48. The smallest absolute Gasteiger partial charge is 0.296 e. The zero-order valence-corrected chi connectivity index (χ0v) is 13.8. The van der Waals surface area contributed by atoms with Gasteiger partial charge in [-0.15, -0.1) is 17.0 Å². The number of nitrogens with two attached hydrogens (primary N) is 1. The summed E-state index contributed by atoms with van der Waals surface area (Å²) in [6, 6.07) is 8.08. The van der Waals surface area contributed by atoms with E-state index in [1.807, 2.05) is 29.7 Å². The first-order valence-corrected chi connectivity index (χ1v) is 6.97. The summed E-state index contributed by atoms with van der Waals surface area (Å²) in [5, 5.41) is 0. The van der Waals surface area contributed by atoms with E-state index < -0.39 is 0 Å². The molecule has 0 radical (unpaired) electrons. The van der Waals surface area contributed by atoms with Gasteiger partial charge in [0, 0.05) is 6.42 Å². The normalized spacial score (nSPS) is 10.5. The average molecular weight is 341 g/mol. The van der Waals surface area contributed by atoms with Crippen molar-refractivity contribution in [1.82, 2.24) is 4.57 Å². The summed E-state index contributed by atoms with van der Waals surface area (Å²) in [6.45, 7) is 5.31. The molecule has 0 aliphatic rings. The number of halogens is 1. The Morgan fingerprint density at radius 2 is 2.00 bits per heavy atom. The first-order valence-electron chi connectivity index (χ1n) is 6.97. The van der Waals surface area contributed by atoms with Gasteiger partial charge in [0.1, 0.15) is 17.6 Å². The maximum absolute atomic E-state index is 11.7. The van der Waals surface area contributed by atoms with Crippen molar-refractivity contribution >= 4 is 39.7 Å². The molecule has 0 unspecified atom stereocenters. The molecule has 2 rings (SSSR count). The summed E-state index contributed by atoms with van der Waals surface area (Å²) < 4.78 is 4.04. The number of para-hydroxylation sites is 2. The van der Waals surface area contributed by atoms with E-state index in [4.69, 9.17) is 5.73 Å². The number of Topliss-reactive ketones (excluding diaryl/α,β-unsaturated/α-hetero) is 1. The molecule has 0 aliphatic heterocycles. The summed E-state index contributed by atoms with van der Waals surface area (Å²) in [4.78, 5) is 11.7. The van der Waals surface area contributed by atoms with E-state index in [2.05, 4.69) is 17.6 Å². The van der Waals surface area contributed by atoms with E-state index in [0.717, 1.165) is 30.4 Å². The Labute approximate surface area is 130 Å². The fraction of sp³-hybridized carbons (Fsp3) is 0.467. The minimum absolute atomic E-state index is 0. The Hall–Kier alpha value is -1.36. The van der Waals surface area contributed by atoms with Crippen LogP contribution in [0.3, 0.4) is 0 Å². The molecular weight excluding hydrogens is 318 g/mol. The lowest BCUT2D eigenvalue weighted by Crippen LogP contribution is -2.40. The van der Waals surface area contributed by atoms with Crippen molar-refractivity contribution in [2.75, 3.05) is 5.73 Å². The predicted octanol–water partition coefficient (Wildman–Crippen LogP) is 2.87. The molecule has 5 heteroatoms. The molecule has 1 aromatic carbocycles. The number of nitrogen functional groups attached to an aromatic ring is 1. The second kappa shape index (κ2) is 7.43. The Kier molecular flexibility index (Phi) is 6.20. The SMILES string of the molecule is Br.CCCCn1c(N)[n+](CC(=O)CC)c2ccccc21. The highest BCUT2D eigenvalue weighted by Crippen LogP contribution is 2.16. The van der Waals surface area contributed by atoms with Crippen LogP contribution in [0, 0.1) is 0 Å². The number of aromatic nitrogens is 2. The summed E-state index contributed by atoms with van der Waals surface area (Å²) >= 11 is 0. The molecule has 2 aromatic rings. The number of ketones is 1. The van der Waals surface area contributed by atoms with E-state index in [1.54, 1.807) is 0 Å². The van der Waals surface area contributed by atoms with Crippen molar-refractivity contribution in [3.8, 4) is 0 Å². The van der Waals surface area contributed by atoms with E-state index in [1.165, 1.54) is 0 Å². The van der Waals surface area contributed by atoms with Gasteiger partial charge in [0.15, 0.2) is 5.78 Å². The molecule has 0 amide bonds. The number of nitrogens with zero attached hydrogens (tertiary/aromatic N) is 2. The molecule has 1 aromatic heterocycles. The van der Waals surface area contributed by atoms with Gasteiger partial charge in [0.25, 0.3) is 0 Å². The van der Waals surface area contributed by atoms with E-state index in [-0.39, 0.29) is 22.8 Å². The Balaban J connectivity index is 0.00000200. The Morgan fingerprint density at radius 1 is 1.30 bits per heavy atom. The number of rotatable bonds is 6. The number of carbonyl (C=O) groups is 1. The molecule has 0 atom stereocenters. The molecule has 0 saturated carbocycles. The number of carbonyl (C=O) groups excluding carboxylic acids is 1. The number of hydrogen-bond donors (Lipinski definition) is 1. The van der Waals surface area contributed by atoms with Gasteiger partial charge in [0.2, 0.25) is 0 Å². The second-order valence-corrected chi connectivity index (χ2v) is 4.83. The van der Waals surface area contributed by atoms with Gasteiger partial charge in [-0.25, -0.2) is 9.13 Å². The summed E-state index contributed by atoms with van der Waals surface area (Å²) in [5.41, 5.74) is 8.38. The topological polar surface area (TPSA) is 51.9 Å². The third kappa shape index (κ3) is 3.20. The quantitative estimate of drug-likeness (QED) is 0.822. The van der Waals surface area contributed by atoms with Crippen LogP contribution in [0.15, 0.2) is 24.3 Å². The minimum atomic E-state index is 0. The predicted molar refractivity (Wildman–Crippen MR) is 87.1 cm³/mol. The minimum Gasteiger partial charge on any atom is -0.296 e. The fourth-order valence-electron chi connectivity index (χ4n) is 2.32. The zero-order chi connectivity index (χ0) is 13.8. The van der Waals surface area contributed by atoms with Gasteiger partial charge in [-0.2, -0.15) is 0 Å². The number of unbranched alkanes of at least 4 members (excludes halogenated alkanes) is 1. The number of anilines is 1. The number of aryl methyl sites for hydroxylation is 1. The molecule has 0 fully saturated rings. The van der Waals surface area contributed by atoms with Gasteiger partial charge in [0.05, 0.1) is 6.54 Å². The van der Waals surface area contributed by atoms with Crippen LogP contribution in [0.5, 0.6) is 0 Å². The lowest BCUT2D eigenvalue weighted by molar-refractivity contribution is -0.644. The second-order valence-electron chi connectivity index (χ2n) is 4.83. The van der Waals surface area contributed by atoms with Crippen LogP contribution in [0.25, 0.3) is 11.0 Å². The van der Waals surface area contributed by atoms with E-state index in [0.29, 0.717) is 18.9 Å². The molecule has 20 heavy (non-hydrogen) atoms. The maximum atomic E-state index is 11.7. The zero-order valence-electron chi connectivity index (χ0n) is 12.1. The van der Waals surface area contributed by atoms with E-state index >= 15 is 0 Å². The van der Waals surface area contributed by atoms with Crippen molar-refractivity contribution < 1.29 is 9.36 Å². The molecule has 0 saturated heterocycles. The van der Waals surface area contributed by atoms with Crippen LogP contribution in [-0.2, 0) is 17.9 Å². The maximum Gasteiger partial charge on any atom is 0.356 e. The monoisotopic (exact) mass is 340 g/mol. The van der Waals surface area contributed by atoms with Crippen molar-refractivity contribution in [2.45, 2.75) is 46.2 Å². The van der Waals surface area contributed by atoms with Gasteiger partial charge < -0.3 is 0 Å². The van der Waals surface area contributed by atoms with E-state index in [9.17, 15) is 4.79 Å². The first-order chi connectivity index (χ1) is 9.19. The average Bonchev–Trinajstić information content (AvgIpc) is 2.70. The number of fused-ring (bicyclic) bond motifs is 1. The summed E-state index contributed by atoms with van der Waals surface area (Å²) in [7, 11) is 0. The highest BCUT2D eigenvalue weighted by Gasteiger charge is 2.21. The third-order valence-corrected chi connectivity index (χ3v) is 3.48. The Morgan fingerprint density at radius 3 is 2.65 bits per heavy atom. The molecule has 110 valence electrons. The van der Waals surface area contributed by atoms with Gasteiger partial charge in [-0.1, -0.05) is 32.4 Å². The van der Waals surface area contributed by atoms with Crippen molar-refractivity contribution in [2.24, 2.45) is 0 Å². The van der Waals surface area contributed by atoms with Crippen molar-refractivity contribution in [1.29, 1.82) is 0 Å². The van der Waals surface area contributed by atoms with Crippen LogP contribution in [0.1, 0.15) is 33.1 Å². The first kappa shape index (κ1) is 16.7. The number of benzene rings is 1. The molecular formula is C15H23BrN3O+. The summed E-state index contributed by atoms with van der Waals surface area (Å²) in [5.74, 6) is 0.881. The lowest BCUT2D eigenvalue weighted by Gasteiger charge is -2.00. The highest BCUT2D eigenvalue weighted by molar-refractivity contribution is 8.93. The van der Waals surface area contributed by atoms with Crippen molar-refractivity contribution in [3.63, 3.8) is 0 Å². The largest absolute Gasteiger partial charge is 0.356 e. The van der Waals surface area contributed by atoms with Gasteiger partial charge in [-0.05, 0) is 18.6 Å². The number of imidazole rings is 1. The van der Waals surface area contributed by atoms with Crippen LogP contribution < -0.4 is 10.3 Å². The van der Waals surface area contributed by atoms with Crippen molar-refractivity contribution in [3.05, 3.63) is 24.3 Å². The van der Waals surface area contributed by atoms with Gasteiger partial charge in [-0.3, -0.25) is 10.5 Å². The van der Waals surface area contributed by atoms with Crippen LogP contribution >= 0.6 is 17.0 Å². The molecule has 0 bridgehead atoms.